The lowest BCUT2D eigenvalue weighted by Crippen LogP contribution is -2.36. The number of carbonyl (C=O) groups excluding carboxylic acids is 1. The molecule has 0 aromatic carbocycles. The van der Waals surface area contributed by atoms with E-state index in [4.69, 9.17) is 0 Å². The van der Waals surface area contributed by atoms with Crippen molar-refractivity contribution in [3.8, 4) is 0 Å². The fraction of sp³-hybridized carbons (Fsp3) is 0.278. The molecule has 0 saturated heterocycles. The number of nitrogens with one attached hydrogen (secondary N) is 1. The normalized spacial score (nSPS) is 12.1. The van der Waals surface area contributed by atoms with Crippen molar-refractivity contribution in [3.05, 3.63) is 74.1 Å². The standard InChI is InChI=1S/C18H20N4O2S/c1-12-9-13(2)22(20-12)16(14-6-8-25-11-14)10-19-17(23)15-5-4-7-21(3)18(15)24/h4-9,11,16H,10H2,1-3H3,(H,19,23)/t16-/m1/s1. The molecule has 3 heterocycles. The molecule has 6 nitrogen and oxygen atoms in total. The molecule has 0 aliphatic carbocycles. The fourth-order valence-corrected chi connectivity index (χ4v) is 3.53. The molecule has 3 aromatic heterocycles. The van der Waals surface area contributed by atoms with Crippen LogP contribution in [-0.2, 0) is 7.05 Å². The first-order chi connectivity index (χ1) is 12.0. The van der Waals surface area contributed by atoms with Crippen LogP contribution in [-0.4, -0.2) is 26.8 Å². The van der Waals surface area contributed by atoms with Crippen LogP contribution in [0.5, 0.6) is 0 Å². The van der Waals surface area contributed by atoms with Crippen LogP contribution in [0.4, 0.5) is 0 Å². The molecule has 1 amide bonds. The third-order valence-corrected chi connectivity index (χ3v) is 4.79. The van der Waals surface area contributed by atoms with E-state index in [1.54, 1.807) is 36.7 Å². The molecular formula is C18H20N4O2S. The van der Waals surface area contributed by atoms with E-state index in [1.165, 1.54) is 4.57 Å². The third-order valence-electron chi connectivity index (χ3n) is 4.09. The summed E-state index contributed by atoms with van der Waals surface area (Å²) in [6.07, 6.45) is 1.63. The lowest BCUT2D eigenvalue weighted by atomic mass is 10.1. The molecule has 0 spiro atoms. The summed E-state index contributed by atoms with van der Waals surface area (Å²) in [7, 11) is 1.63. The summed E-state index contributed by atoms with van der Waals surface area (Å²) in [6.45, 7) is 4.30. The summed E-state index contributed by atoms with van der Waals surface area (Å²) in [5.74, 6) is -0.372. The van der Waals surface area contributed by atoms with Gasteiger partial charge in [0.25, 0.3) is 11.5 Å². The zero-order chi connectivity index (χ0) is 18.0. The van der Waals surface area contributed by atoms with Crippen LogP contribution < -0.4 is 10.9 Å². The van der Waals surface area contributed by atoms with Crippen LogP contribution in [0.25, 0.3) is 0 Å². The van der Waals surface area contributed by atoms with Gasteiger partial charge in [0.1, 0.15) is 5.56 Å². The Hall–Kier alpha value is -2.67. The van der Waals surface area contributed by atoms with Crippen LogP contribution in [0.2, 0.25) is 0 Å². The summed E-state index contributed by atoms with van der Waals surface area (Å²) >= 11 is 1.60. The van der Waals surface area contributed by atoms with Gasteiger partial charge < -0.3 is 9.88 Å². The summed E-state index contributed by atoms with van der Waals surface area (Å²) in [5, 5.41) is 11.5. The molecule has 3 aromatic rings. The lowest BCUT2D eigenvalue weighted by Gasteiger charge is -2.19. The molecule has 1 N–H and O–H groups in total. The van der Waals surface area contributed by atoms with Gasteiger partial charge in [-0.2, -0.15) is 16.4 Å². The molecule has 0 bridgehead atoms. The summed E-state index contributed by atoms with van der Waals surface area (Å²) in [6, 6.07) is 7.15. The molecule has 0 saturated carbocycles. The van der Waals surface area contributed by atoms with Gasteiger partial charge in [0, 0.05) is 25.5 Å². The first kappa shape index (κ1) is 17.2. The first-order valence-corrected chi connectivity index (χ1v) is 8.90. The van der Waals surface area contributed by atoms with Gasteiger partial charge >= 0.3 is 0 Å². The molecule has 0 unspecified atom stereocenters. The number of aryl methyl sites for hydroxylation is 3. The minimum Gasteiger partial charge on any atom is -0.349 e. The SMILES string of the molecule is Cc1cc(C)n([C@H](CNC(=O)c2cccn(C)c2=O)c2ccsc2)n1. The van der Waals surface area contributed by atoms with Gasteiger partial charge in [0.2, 0.25) is 0 Å². The Balaban J connectivity index is 1.84. The van der Waals surface area contributed by atoms with E-state index in [2.05, 4.69) is 15.8 Å². The van der Waals surface area contributed by atoms with E-state index in [1.807, 2.05) is 36.0 Å². The third kappa shape index (κ3) is 3.56. The topological polar surface area (TPSA) is 68.9 Å². The van der Waals surface area contributed by atoms with E-state index >= 15 is 0 Å². The van der Waals surface area contributed by atoms with Crippen molar-refractivity contribution >= 4 is 17.2 Å². The number of thiophene rings is 1. The number of rotatable bonds is 5. The van der Waals surface area contributed by atoms with E-state index in [-0.39, 0.29) is 23.1 Å². The van der Waals surface area contributed by atoms with Crippen molar-refractivity contribution in [1.82, 2.24) is 19.7 Å². The van der Waals surface area contributed by atoms with E-state index in [0.717, 1.165) is 17.0 Å². The van der Waals surface area contributed by atoms with Gasteiger partial charge in [-0.05, 0) is 54.4 Å². The Kier molecular flexibility index (Phi) is 4.85. The Bertz CT molecular complexity index is 940. The molecule has 0 aliphatic rings. The number of nitrogens with zero attached hydrogens (tertiary/aromatic N) is 3. The Labute approximate surface area is 149 Å². The highest BCUT2D eigenvalue weighted by atomic mass is 32.1. The van der Waals surface area contributed by atoms with Crippen molar-refractivity contribution in [2.75, 3.05) is 6.54 Å². The van der Waals surface area contributed by atoms with Gasteiger partial charge in [-0.3, -0.25) is 14.3 Å². The van der Waals surface area contributed by atoms with Crippen LogP contribution >= 0.6 is 11.3 Å². The second-order valence-corrected chi connectivity index (χ2v) is 6.77. The molecule has 0 fully saturated rings. The lowest BCUT2D eigenvalue weighted by molar-refractivity contribution is 0.0947. The van der Waals surface area contributed by atoms with Crippen molar-refractivity contribution in [3.63, 3.8) is 0 Å². The van der Waals surface area contributed by atoms with E-state index < -0.39 is 0 Å². The molecule has 130 valence electrons. The largest absolute Gasteiger partial charge is 0.349 e. The summed E-state index contributed by atoms with van der Waals surface area (Å²) in [4.78, 5) is 24.6. The average molecular weight is 356 g/mol. The summed E-state index contributed by atoms with van der Waals surface area (Å²) < 4.78 is 3.31. The second kappa shape index (κ2) is 7.06. The number of hydrogen-bond donors (Lipinski definition) is 1. The predicted octanol–water partition coefficient (Wildman–Crippen LogP) is 2.28. The van der Waals surface area contributed by atoms with Gasteiger partial charge in [0.15, 0.2) is 0 Å². The Morgan fingerprint density at radius 2 is 2.16 bits per heavy atom. The second-order valence-electron chi connectivity index (χ2n) is 5.99. The zero-order valence-corrected chi connectivity index (χ0v) is 15.2. The predicted molar refractivity (Wildman–Crippen MR) is 98.2 cm³/mol. The van der Waals surface area contributed by atoms with Crippen molar-refractivity contribution in [1.29, 1.82) is 0 Å². The van der Waals surface area contributed by atoms with E-state index in [9.17, 15) is 9.59 Å². The minimum absolute atomic E-state index is 0.114. The summed E-state index contributed by atoms with van der Waals surface area (Å²) in [5.41, 5.74) is 2.87. The number of amides is 1. The number of hydrogen-bond acceptors (Lipinski definition) is 4. The minimum atomic E-state index is -0.372. The van der Waals surface area contributed by atoms with Crippen LogP contribution in [0.3, 0.4) is 0 Å². The Morgan fingerprint density at radius 3 is 2.80 bits per heavy atom. The quantitative estimate of drug-likeness (QED) is 0.762. The van der Waals surface area contributed by atoms with Gasteiger partial charge in [-0.1, -0.05) is 0 Å². The average Bonchev–Trinajstić information content (AvgIpc) is 3.20. The highest BCUT2D eigenvalue weighted by molar-refractivity contribution is 7.07. The van der Waals surface area contributed by atoms with Gasteiger partial charge in [-0.15, -0.1) is 0 Å². The number of pyridine rings is 1. The van der Waals surface area contributed by atoms with Crippen molar-refractivity contribution in [2.24, 2.45) is 7.05 Å². The number of aromatic nitrogens is 3. The molecule has 0 radical (unpaired) electrons. The molecule has 7 heteroatoms. The highest BCUT2D eigenvalue weighted by Crippen LogP contribution is 2.22. The van der Waals surface area contributed by atoms with Gasteiger partial charge in [-0.25, -0.2) is 0 Å². The fourth-order valence-electron chi connectivity index (χ4n) is 2.83. The molecule has 0 aliphatic heterocycles. The zero-order valence-electron chi connectivity index (χ0n) is 14.4. The van der Waals surface area contributed by atoms with E-state index in [0.29, 0.717) is 6.54 Å². The monoisotopic (exact) mass is 356 g/mol. The maximum absolute atomic E-state index is 12.5. The Morgan fingerprint density at radius 1 is 1.36 bits per heavy atom. The van der Waals surface area contributed by atoms with Crippen LogP contribution in [0.15, 0.2) is 46.0 Å². The van der Waals surface area contributed by atoms with Gasteiger partial charge in [0.05, 0.1) is 11.7 Å². The molecular weight excluding hydrogens is 336 g/mol. The molecule has 1 atom stereocenters. The first-order valence-electron chi connectivity index (χ1n) is 7.96. The number of carbonyl (C=O) groups is 1. The maximum Gasteiger partial charge on any atom is 0.263 e. The molecule has 25 heavy (non-hydrogen) atoms. The smallest absolute Gasteiger partial charge is 0.263 e. The van der Waals surface area contributed by atoms with Crippen molar-refractivity contribution < 1.29 is 4.79 Å². The van der Waals surface area contributed by atoms with Crippen LogP contribution in [0.1, 0.15) is 33.4 Å². The molecule has 3 rings (SSSR count). The van der Waals surface area contributed by atoms with Crippen LogP contribution in [0, 0.1) is 13.8 Å². The maximum atomic E-state index is 12.5. The van der Waals surface area contributed by atoms with Crippen molar-refractivity contribution in [2.45, 2.75) is 19.9 Å². The highest BCUT2D eigenvalue weighted by Gasteiger charge is 2.20.